The van der Waals surface area contributed by atoms with Crippen LogP contribution in [-0.4, -0.2) is 61.0 Å². The molecule has 0 saturated carbocycles. The second kappa shape index (κ2) is 18.7. The smallest absolute Gasteiger partial charge is 0.330 e. The zero-order chi connectivity index (χ0) is 17.4. The Bertz CT molecular complexity index is 382. The molecule has 0 saturated heterocycles. The summed E-state index contributed by atoms with van der Waals surface area (Å²) in [5.74, 6) is -2.52. The van der Waals surface area contributed by atoms with Crippen molar-refractivity contribution in [2.24, 2.45) is 0 Å². The average Bonchev–Trinajstić information content (AvgIpc) is 2.47. The van der Waals surface area contributed by atoms with Gasteiger partial charge in [0.15, 0.2) is 0 Å². The monoisotopic (exact) mass is 409 g/mol. The van der Waals surface area contributed by atoms with Gasteiger partial charge in [-0.25, -0.2) is 4.79 Å². The van der Waals surface area contributed by atoms with Gasteiger partial charge in [0.1, 0.15) is 13.2 Å². The number of aliphatic carboxylic acids is 1. The Balaban J connectivity index is -0.000000338. The van der Waals surface area contributed by atoms with Gasteiger partial charge in [-0.1, -0.05) is 6.58 Å². The third-order valence-corrected chi connectivity index (χ3v) is 1.84. The molecule has 9 nitrogen and oxygen atoms in total. The van der Waals surface area contributed by atoms with E-state index in [4.69, 9.17) is 10.2 Å². The van der Waals surface area contributed by atoms with E-state index in [1.807, 2.05) is 0 Å². The van der Waals surface area contributed by atoms with Crippen LogP contribution in [0.15, 0.2) is 12.7 Å². The number of carbonyl (C=O) groups excluding carboxylic acids is 3. The van der Waals surface area contributed by atoms with Gasteiger partial charge in [0.25, 0.3) is 0 Å². The topological polar surface area (TPSA) is 136 Å². The second-order valence-electron chi connectivity index (χ2n) is 3.54. The van der Waals surface area contributed by atoms with E-state index in [0.29, 0.717) is 0 Å². The van der Waals surface area contributed by atoms with Crippen molar-refractivity contribution in [3.05, 3.63) is 12.7 Å². The Morgan fingerprint density at radius 1 is 1.00 bits per heavy atom. The van der Waals surface area contributed by atoms with Crippen LogP contribution < -0.4 is 0 Å². The maximum absolute atomic E-state index is 10.6. The van der Waals surface area contributed by atoms with E-state index in [-0.39, 0.29) is 71.8 Å². The van der Waals surface area contributed by atoms with Gasteiger partial charge in [0.05, 0.1) is 33.0 Å². The summed E-state index contributed by atoms with van der Waals surface area (Å²) < 4.78 is 13.2. The summed E-state index contributed by atoms with van der Waals surface area (Å²) in [5, 5.41) is 16.4. The Kier molecular flexibility index (Phi) is 21.6. The molecule has 0 amide bonds. The molecule has 23 heavy (non-hydrogen) atoms. The van der Waals surface area contributed by atoms with Gasteiger partial charge in [-0.05, 0) is 0 Å². The molecule has 1 radical (unpaired) electrons. The number of hydrogen-bond acceptors (Lipinski definition) is 8. The maximum Gasteiger partial charge on any atom is 0.330 e. The van der Waals surface area contributed by atoms with Crippen LogP contribution in [0.3, 0.4) is 0 Å². The number of aliphatic hydroxyl groups is 1. The zero-order valence-corrected chi connectivity index (χ0v) is 15.7. The van der Waals surface area contributed by atoms with Crippen molar-refractivity contribution in [3.8, 4) is 0 Å². The number of carbonyl (C=O) groups is 4. The Morgan fingerprint density at radius 2 is 1.57 bits per heavy atom. The number of ether oxygens (including phenoxy) is 3. The Hall–Kier alpha value is -1.32. The SMILES string of the molecule is C=CC(=O)OCCC(=O)O.COC(=O)CCOC(=O)CCO.[Y]. The summed E-state index contributed by atoms with van der Waals surface area (Å²) in [6.07, 6.45) is 0.830. The molecule has 0 fully saturated rings. The van der Waals surface area contributed by atoms with Crippen molar-refractivity contribution in [2.75, 3.05) is 26.9 Å². The minimum absolute atomic E-state index is 0. The molecule has 0 aromatic carbocycles. The maximum atomic E-state index is 10.6. The van der Waals surface area contributed by atoms with E-state index in [1.54, 1.807) is 0 Å². The molecule has 0 spiro atoms. The summed E-state index contributed by atoms with van der Waals surface area (Å²) in [5.41, 5.74) is 0. The van der Waals surface area contributed by atoms with Gasteiger partial charge in [-0.2, -0.15) is 0 Å². The van der Waals surface area contributed by atoms with Gasteiger partial charge in [0.2, 0.25) is 0 Å². The fourth-order valence-corrected chi connectivity index (χ4v) is 0.812. The second-order valence-corrected chi connectivity index (χ2v) is 3.54. The van der Waals surface area contributed by atoms with Crippen LogP contribution in [0.2, 0.25) is 0 Å². The van der Waals surface area contributed by atoms with Crippen LogP contribution in [-0.2, 0) is 66.1 Å². The summed E-state index contributed by atoms with van der Waals surface area (Å²) in [6.45, 7) is 2.81. The normalized spacial score (nSPS) is 8.43. The van der Waals surface area contributed by atoms with E-state index in [9.17, 15) is 19.2 Å². The first-order valence-corrected chi connectivity index (χ1v) is 6.21. The molecule has 0 atom stereocenters. The van der Waals surface area contributed by atoms with Crippen LogP contribution in [0.1, 0.15) is 19.3 Å². The molecule has 0 aliphatic carbocycles. The molecule has 10 heteroatoms. The van der Waals surface area contributed by atoms with Gasteiger partial charge >= 0.3 is 23.9 Å². The summed E-state index contributed by atoms with van der Waals surface area (Å²) in [4.78, 5) is 41.2. The molecule has 0 aliphatic heterocycles. The number of hydrogen-bond donors (Lipinski definition) is 2. The van der Waals surface area contributed by atoms with Gasteiger partial charge in [-0.3, -0.25) is 14.4 Å². The molecular formula is C13H20O9Y. The first-order valence-electron chi connectivity index (χ1n) is 6.21. The molecule has 0 heterocycles. The van der Waals surface area contributed by atoms with Gasteiger partial charge < -0.3 is 24.4 Å². The predicted octanol–water partition coefficient (Wildman–Crippen LogP) is -0.337. The third-order valence-electron chi connectivity index (χ3n) is 1.84. The fourth-order valence-electron chi connectivity index (χ4n) is 0.812. The average molecular weight is 409 g/mol. The molecule has 0 aromatic heterocycles. The van der Waals surface area contributed by atoms with E-state index in [1.165, 1.54) is 7.11 Å². The molecule has 0 aliphatic rings. The molecule has 2 N–H and O–H groups in total. The van der Waals surface area contributed by atoms with Crippen LogP contribution >= 0.6 is 0 Å². The van der Waals surface area contributed by atoms with E-state index < -0.39 is 23.9 Å². The summed E-state index contributed by atoms with van der Waals surface area (Å²) >= 11 is 0. The van der Waals surface area contributed by atoms with Crippen LogP contribution in [0, 0.1) is 0 Å². The van der Waals surface area contributed by atoms with Crippen LogP contribution in [0.25, 0.3) is 0 Å². The van der Waals surface area contributed by atoms with Crippen LogP contribution in [0.4, 0.5) is 0 Å². The molecule has 0 unspecified atom stereocenters. The Labute approximate surface area is 158 Å². The minimum Gasteiger partial charge on any atom is -0.481 e. The fraction of sp³-hybridized carbons (Fsp3) is 0.538. The third kappa shape index (κ3) is 23.1. The van der Waals surface area contributed by atoms with Crippen molar-refractivity contribution in [2.45, 2.75) is 19.3 Å². The molecule has 0 rings (SSSR count). The van der Waals surface area contributed by atoms with Crippen molar-refractivity contribution in [1.82, 2.24) is 0 Å². The van der Waals surface area contributed by atoms with Gasteiger partial charge in [-0.15, -0.1) is 0 Å². The van der Waals surface area contributed by atoms with Crippen molar-refractivity contribution in [1.29, 1.82) is 0 Å². The molecule has 129 valence electrons. The standard InChI is InChI=1S/C7H12O5.C6H8O4.Y/c1-11-6(9)3-5-12-7(10)2-4-8;1-2-6(9)10-4-3-5(7)8;/h8H,2-5H2,1H3;2H,1,3-4H2,(H,7,8);. The summed E-state index contributed by atoms with van der Waals surface area (Å²) in [6, 6.07) is 0. The Morgan fingerprint density at radius 3 is 2.00 bits per heavy atom. The molecule has 0 bridgehead atoms. The van der Waals surface area contributed by atoms with Crippen LogP contribution in [0.5, 0.6) is 0 Å². The quantitative estimate of drug-likeness (QED) is 0.298. The minimum atomic E-state index is -0.989. The van der Waals surface area contributed by atoms with E-state index in [0.717, 1.165) is 6.08 Å². The first-order chi connectivity index (χ1) is 10.4. The number of methoxy groups -OCH3 is 1. The van der Waals surface area contributed by atoms with Crippen molar-refractivity contribution < 1.29 is 76.3 Å². The number of aliphatic hydroxyl groups excluding tert-OH is 1. The predicted molar refractivity (Wildman–Crippen MR) is 72.7 cm³/mol. The number of carboxylic acid groups (broad SMARTS) is 1. The van der Waals surface area contributed by atoms with E-state index in [2.05, 4.69) is 20.8 Å². The summed E-state index contributed by atoms with van der Waals surface area (Å²) in [7, 11) is 1.26. The first kappa shape index (κ1) is 26.6. The molecular weight excluding hydrogens is 389 g/mol. The van der Waals surface area contributed by atoms with Crippen molar-refractivity contribution >= 4 is 23.9 Å². The number of esters is 3. The largest absolute Gasteiger partial charge is 0.481 e. The van der Waals surface area contributed by atoms with Gasteiger partial charge in [0, 0.05) is 38.8 Å². The number of rotatable bonds is 9. The van der Waals surface area contributed by atoms with Crippen molar-refractivity contribution in [3.63, 3.8) is 0 Å². The zero-order valence-electron chi connectivity index (χ0n) is 12.9. The molecule has 0 aromatic rings. The van der Waals surface area contributed by atoms with E-state index >= 15 is 0 Å². The number of carboxylic acids is 1.